The molecule has 0 spiro atoms. The number of carbonyl (C=O) groups is 2. The van der Waals surface area contributed by atoms with Crippen LogP contribution in [0.25, 0.3) is 16.9 Å². The Labute approximate surface area is 236 Å². The lowest BCUT2D eigenvalue weighted by Crippen LogP contribution is -2.49. The number of halogens is 2. The number of anilines is 1. The van der Waals surface area contributed by atoms with E-state index in [1.165, 1.54) is 12.0 Å². The highest BCUT2D eigenvalue weighted by Gasteiger charge is 2.28. The van der Waals surface area contributed by atoms with Crippen LogP contribution in [0.15, 0.2) is 66.7 Å². The van der Waals surface area contributed by atoms with E-state index in [-0.39, 0.29) is 18.1 Å². The van der Waals surface area contributed by atoms with E-state index in [0.717, 1.165) is 40.3 Å². The summed E-state index contributed by atoms with van der Waals surface area (Å²) in [6, 6.07) is 19.4. The molecule has 1 amide bonds. The van der Waals surface area contributed by atoms with Crippen LogP contribution in [0.4, 0.5) is 14.5 Å². The Morgan fingerprint density at radius 2 is 1.59 bits per heavy atom. The Bertz CT molecular complexity index is 1550. The third kappa shape index (κ3) is 5.63. The predicted molar refractivity (Wildman–Crippen MR) is 151 cm³/mol. The van der Waals surface area contributed by atoms with Crippen LogP contribution in [0.2, 0.25) is 0 Å². The van der Waals surface area contributed by atoms with Crippen LogP contribution in [-0.4, -0.2) is 66.5 Å². The number of amides is 1. The number of aromatic nitrogens is 2. The molecule has 10 heteroatoms. The molecule has 1 aromatic heterocycles. The Kier molecular flexibility index (Phi) is 8.00. The van der Waals surface area contributed by atoms with Crippen molar-refractivity contribution in [1.29, 1.82) is 0 Å². The summed E-state index contributed by atoms with van der Waals surface area (Å²) in [5.41, 5.74) is 4.05. The fourth-order valence-corrected chi connectivity index (χ4v) is 4.92. The van der Waals surface area contributed by atoms with Gasteiger partial charge in [0, 0.05) is 49.6 Å². The number of methoxy groups -OCH3 is 1. The molecule has 41 heavy (non-hydrogen) atoms. The number of ether oxygens (including phenoxy) is 2. The molecule has 1 aliphatic heterocycles. The summed E-state index contributed by atoms with van der Waals surface area (Å²) in [6.07, 6.45) is 0. The summed E-state index contributed by atoms with van der Waals surface area (Å²) in [5.74, 6) is -3.04. The second-order valence-corrected chi connectivity index (χ2v) is 9.63. The first-order chi connectivity index (χ1) is 19.8. The molecule has 1 saturated heterocycles. The summed E-state index contributed by atoms with van der Waals surface area (Å²) in [4.78, 5) is 28.9. The third-order valence-corrected chi connectivity index (χ3v) is 7.10. The molecule has 0 saturated carbocycles. The average Bonchev–Trinajstić information content (AvgIpc) is 3.43. The van der Waals surface area contributed by atoms with Crippen molar-refractivity contribution in [2.24, 2.45) is 0 Å². The van der Waals surface area contributed by atoms with Gasteiger partial charge < -0.3 is 19.3 Å². The Morgan fingerprint density at radius 1 is 0.927 bits per heavy atom. The van der Waals surface area contributed by atoms with Gasteiger partial charge in [-0.3, -0.25) is 4.79 Å². The number of carbonyl (C=O) groups excluding carboxylic acids is 2. The highest BCUT2D eigenvalue weighted by Crippen LogP contribution is 2.29. The van der Waals surface area contributed by atoms with Gasteiger partial charge in [0.2, 0.25) is 0 Å². The maximum atomic E-state index is 14.5. The number of piperazine rings is 1. The molecule has 0 radical (unpaired) electrons. The van der Waals surface area contributed by atoms with Gasteiger partial charge in [-0.15, -0.1) is 0 Å². The zero-order valence-corrected chi connectivity index (χ0v) is 23.1. The lowest BCUT2D eigenvalue weighted by Gasteiger charge is -2.36. The summed E-state index contributed by atoms with van der Waals surface area (Å²) < 4.78 is 40.7. The molecule has 3 aromatic carbocycles. The lowest BCUT2D eigenvalue weighted by atomic mass is 10.1. The van der Waals surface area contributed by atoms with Gasteiger partial charge in [0.1, 0.15) is 22.9 Å². The summed E-state index contributed by atoms with van der Waals surface area (Å²) in [7, 11) is 1.31. The van der Waals surface area contributed by atoms with E-state index in [9.17, 15) is 18.4 Å². The van der Waals surface area contributed by atoms with Crippen molar-refractivity contribution in [3.63, 3.8) is 0 Å². The third-order valence-electron chi connectivity index (χ3n) is 7.10. The summed E-state index contributed by atoms with van der Waals surface area (Å²) >= 11 is 0. The zero-order chi connectivity index (χ0) is 29.1. The van der Waals surface area contributed by atoms with Gasteiger partial charge >= 0.3 is 5.97 Å². The second-order valence-electron chi connectivity index (χ2n) is 9.63. The Morgan fingerprint density at radius 3 is 2.20 bits per heavy atom. The van der Waals surface area contributed by atoms with Gasteiger partial charge in [0.25, 0.3) is 5.91 Å². The molecule has 0 N–H and O–H groups in total. The van der Waals surface area contributed by atoms with Crippen molar-refractivity contribution in [3.05, 3.63) is 95.2 Å². The van der Waals surface area contributed by atoms with Crippen molar-refractivity contribution in [2.75, 3.05) is 44.8 Å². The number of aryl methyl sites for hydroxylation is 1. The molecule has 5 rings (SSSR count). The Balaban J connectivity index is 1.33. The summed E-state index contributed by atoms with van der Waals surface area (Å²) in [5, 5.41) is 4.55. The molecule has 1 fully saturated rings. The van der Waals surface area contributed by atoms with Crippen LogP contribution < -0.4 is 9.64 Å². The standard InChI is InChI=1S/C31H30F2N4O4/c1-4-41-31(39)26-19-28(37(34-26)27-8-6-5-7-20(27)2)21-9-11-22(12-10-21)35-13-15-36(16-14-35)30(38)29-24(32)17-23(40-3)18-25(29)33/h5-12,17-19H,4,13-16H2,1-3H3. The number of rotatable bonds is 7. The SMILES string of the molecule is CCOC(=O)c1cc(-c2ccc(N3CCN(C(=O)c4c(F)cc(OC)cc4F)CC3)cc2)n(-c2ccccc2C)n1. The van der Waals surface area contributed by atoms with E-state index in [1.807, 2.05) is 55.5 Å². The van der Waals surface area contributed by atoms with Gasteiger partial charge in [0.05, 0.1) is 25.1 Å². The van der Waals surface area contributed by atoms with Gasteiger partial charge in [-0.05, 0) is 43.7 Å². The smallest absolute Gasteiger partial charge is 0.358 e. The molecule has 0 aliphatic carbocycles. The first-order valence-electron chi connectivity index (χ1n) is 13.3. The molecule has 4 aromatic rings. The average molecular weight is 561 g/mol. The van der Waals surface area contributed by atoms with Crippen LogP contribution in [0, 0.1) is 18.6 Å². The van der Waals surface area contributed by atoms with Crippen molar-refractivity contribution in [2.45, 2.75) is 13.8 Å². The minimum atomic E-state index is -0.944. The largest absolute Gasteiger partial charge is 0.497 e. The van der Waals surface area contributed by atoms with Crippen LogP contribution in [0.1, 0.15) is 33.3 Å². The molecule has 212 valence electrons. The van der Waals surface area contributed by atoms with Crippen molar-refractivity contribution >= 4 is 17.6 Å². The minimum Gasteiger partial charge on any atom is -0.497 e. The molecular formula is C31H30F2N4O4. The quantitative estimate of drug-likeness (QED) is 0.287. The molecule has 0 bridgehead atoms. The molecule has 2 heterocycles. The fraction of sp³-hybridized carbons (Fsp3) is 0.258. The van der Waals surface area contributed by atoms with E-state index in [0.29, 0.717) is 26.2 Å². The van der Waals surface area contributed by atoms with Gasteiger partial charge in [-0.1, -0.05) is 30.3 Å². The maximum absolute atomic E-state index is 14.5. The Hall–Kier alpha value is -4.73. The van der Waals surface area contributed by atoms with Crippen molar-refractivity contribution in [1.82, 2.24) is 14.7 Å². The molecule has 0 atom stereocenters. The number of hydrogen-bond acceptors (Lipinski definition) is 6. The first kappa shape index (κ1) is 27.8. The number of hydrogen-bond donors (Lipinski definition) is 0. The topological polar surface area (TPSA) is 76.9 Å². The van der Waals surface area contributed by atoms with Crippen LogP contribution in [0.5, 0.6) is 5.75 Å². The second kappa shape index (κ2) is 11.8. The van der Waals surface area contributed by atoms with E-state index < -0.39 is 29.1 Å². The molecule has 0 unspecified atom stereocenters. The first-order valence-corrected chi connectivity index (χ1v) is 13.3. The molecule has 1 aliphatic rings. The molecular weight excluding hydrogens is 530 g/mol. The summed E-state index contributed by atoms with van der Waals surface area (Å²) in [6.45, 7) is 5.61. The van der Waals surface area contributed by atoms with Gasteiger partial charge in [-0.2, -0.15) is 5.10 Å². The highest BCUT2D eigenvalue weighted by molar-refractivity contribution is 5.95. The predicted octanol–water partition coefficient (Wildman–Crippen LogP) is 5.27. The minimum absolute atomic E-state index is 0.0175. The van der Waals surface area contributed by atoms with E-state index in [2.05, 4.69) is 10.00 Å². The zero-order valence-electron chi connectivity index (χ0n) is 23.1. The molecule has 8 nitrogen and oxygen atoms in total. The van der Waals surface area contributed by atoms with E-state index in [1.54, 1.807) is 17.7 Å². The van der Waals surface area contributed by atoms with Crippen molar-refractivity contribution in [3.8, 4) is 22.7 Å². The normalized spacial score (nSPS) is 13.3. The van der Waals surface area contributed by atoms with Gasteiger partial charge in [-0.25, -0.2) is 18.3 Å². The number of benzene rings is 3. The monoisotopic (exact) mass is 560 g/mol. The van der Waals surface area contributed by atoms with E-state index >= 15 is 0 Å². The fourth-order valence-electron chi connectivity index (χ4n) is 4.92. The van der Waals surface area contributed by atoms with E-state index in [4.69, 9.17) is 9.47 Å². The maximum Gasteiger partial charge on any atom is 0.358 e. The number of nitrogens with zero attached hydrogens (tertiary/aromatic N) is 4. The van der Waals surface area contributed by atoms with Gasteiger partial charge in [0.15, 0.2) is 5.69 Å². The van der Waals surface area contributed by atoms with Crippen LogP contribution in [0.3, 0.4) is 0 Å². The van der Waals surface area contributed by atoms with Crippen LogP contribution >= 0.6 is 0 Å². The highest BCUT2D eigenvalue weighted by atomic mass is 19.1. The number of para-hydroxylation sites is 1. The lowest BCUT2D eigenvalue weighted by molar-refractivity contribution is 0.0518. The van der Waals surface area contributed by atoms with Crippen molar-refractivity contribution < 1.29 is 27.8 Å². The van der Waals surface area contributed by atoms with Crippen LogP contribution in [-0.2, 0) is 4.74 Å². The number of esters is 1.